The average molecular weight is 441 g/mol. The minimum absolute atomic E-state index is 0.00167. The highest BCUT2D eigenvalue weighted by molar-refractivity contribution is 6.31. The van der Waals surface area contributed by atoms with Crippen molar-refractivity contribution in [2.45, 2.75) is 32.2 Å². The Morgan fingerprint density at radius 1 is 1.13 bits per heavy atom. The maximum atomic E-state index is 13.5. The molecule has 5 rings (SSSR count). The van der Waals surface area contributed by atoms with Crippen LogP contribution in [0.1, 0.15) is 26.2 Å². The maximum absolute atomic E-state index is 13.5. The lowest BCUT2D eigenvalue weighted by Gasteiger charge is -2.28. The summed E-state index contributed by atoms with van der Waals surface area (Å²) in [5.74, 6) is 0.759. The van der Waals surface area contributed by atoms with Gasteiger partial charge in [-0.25, -0.2) is 9.37 Å². The summed E-state index contributed by atoms with van der Waals surface area (Å²) in [7, 11) is 0. The molecule has 1 atom stereocenters. The number of H-pyrrole nitrogens is 1. The fourth-order valence-electron chi connectivity index (χ4n) is 4.58. The Hall–Kier alpha value is -2.44. The molecule has 1 saturated carbocycles. The molecule has 3 aromatic rings. The molecule has 0 spiro atoms. The molecule has 2 aliphatic rings. The van der Waals surface area contributed by atoms with E-state index in [1.165, 1.54) is 25.0 Å². The highest BCUT2D eigenvalue weighted by atomic mass is 35.5. The molecule has 31 heavy (non-hydrogen) atoms. The average Bonchev–Trinajstić information content (AvgIpc) is 3.62. The van der Waals surface area contributed by atoms with E-state index in [1.54, 1.807) is 6.07 Å². The third-order valence-electron chi connectivity index (χ3n) is 6.66. The van der Waals surface area contributed by atoms with E-state index >= 15 is 0 Å². The predicted octanol–water partition coefficient (Wildman–Crippen LogP) is 4.69. The molecule has 0 amide bonds. The molecule has 162 valence electrons. The zero-order valence-electron chi connectivity index (χ0n) is 17.6. The maximum Gasteiger partial charge on any atom is 0.259 e. The van der Waals surface area contributed by atoms with Crippen LogP contribution in [0.2, 0.25) is 5.02 Å². The zero-order valence-corrected chi connectivity index (χ0v) is 18.3. The van der Waals surface area contributed by atoms with Gasteiger partial charge in [-0.05, 0) is 68.5 Å². The largest absolute Gasteiger partial charge is 0.370 e. The van der Waals surface area contributed by atoms with Crippen LogP contribution in [0, 0.1) is 11.7 Å². The molecule has 1 aliphatic heterocycles. The van der Waals surface area contributed by atoms with Crippen LogP contribution in [0.3, 0.4) is 0 Å². The zero-order chi connectivity index (χ0) is 21.5. The lowest BCUT2D eigenvalue weighted by molar-refractivity contribution is 0.203. The fraction of sp³-hybridized carbons (Fsp3) is 0.417. The van der Waals surface area contributed by atoms with Crippen LogP contribution in [-0.2, 0) is 0 Å². The monoisotopic (exact) mass is 440 g/mol. The van der Waals surface area contributed by atoms with Crippen LogP contribution in [0.4, 0.5) is 10.1 Å². The molecule has 7 heteroatoms. The topological polar surface area (TPSA) is 52.2 Å². The summed E-state index contributed by atoms with van der Waals surface area (Å²) in [6.07, 6.45) is 3.86. The molecule has 0 bridgehead atoms. The van der Waals surface area contributed by atoms with Crippen molar-refractivity contribution in [2.24, 2.45) is 5.92 Å². The van der Waals surface area contributed by atoms with E-state index in [-0.39, 0.29) is 10.6 Å². The number of anilines is 1. The first-order chi connectivity index (χ1) is 15.0. The van der Waals surface area contributed by atoms with Crippen LogP contribution in [-0.4, -0.2) is 47.1 Å². The van der Waals surface area contributed by atoms with E-state index in [2.05, 4.69) is 26.7 Å². The lowest BCUT2D eigenvalue weighted by atomic mass is 10.1. The van der Waals surface area contributed by atoms with Crippen molar-refractivity contribution in [3.8, 4) is 11.4 Å². The number of hydrogen-bond acceptors (Lipinski definition) is 4. The van der Waals surface area contributed by atoms with Crippen LogP contribution in [0.15, 0.2) is 41.2 Å². The summed E-state index contributed by atoms with van der Waals surface area (Å²) < 4.78 is 13.5. The second-order valence-electron chi connectivity index (χ2n) is 8.70. The summed E-state index contributed by atoms with van der Waals surface area (Å²) in [4.78, 5) is 25.2. The first-order valence-corrected chi connectivity index (χ1v) is 11.4. The molecule has 1 saturated heterocycles. The Balaban J connectivity index is 1.40. The van der Waals surface area contributed by atoms with Gasteiger partial charge in [-0.1, -0.05) is 11.6 Å². The quantitative estimate of drug-likeness (QED) is 0.639. The fourth-order valence-corrected chi connectivity index (χ4v) is 4.76. The number of fused-ring (bicyclic) bond motifs is 1. The second kappa shape index (κ2) is 8.24. The van der Waals surface area contributed by atoms with Crippen LogP contribution >= 0.6 is 11.6 Å². The second-order valence-corrected chi connectivity index (χ2v) is 9.11. The van der Waals surface area contributed by atoms with E-state index < -0.39 is 5.82 Å². The van der Waals surface area contributed by atoms with Crippen LogP contribution in [0.5, 0.6) is 0 Å². The molecule has 2 fully saturated rings. The number of rotatable bonds is 4. The number of nitrogens with zero attached hydrogens (tertiary/aromatic N) is 3. The number of nitrogens with one attached hydrogen (secondary N) is 1. The van der Waals surface area contributed by atoms with Crippen molar-refractivity contribution in [3.05, 3.63) is 57.6 Å². The van der Waals surface area contributed by atoms with E-state index in [0.717, 1.165) is 44.2 Å². The highest BCUT2D eigenvalue weighted by Crippen LogP contribution is 2.35. The van der Waals surface area contributed by atoms with Gasteiger partial charge in [0.25, 0.3) is 5.56 Å². The molecule has 1 unspecified atom stereocenters. The van der Waals surface area contributed by atoms with Gasteiger partial charge in [0.2, 0.25) is 0 Å². The van der Waals surface area contributed by atoms with Crippen molar-refractivity contribution >= 4 is 28.2 Å². The van der Waals surface area contributed by atoms with E-state index in [9.17, 15) is 9.18 Å². The standard InChI is InChI=1S/C24H26ClFN4O/c1-15(16-3-4-16)29-9-2-10-30(12-11-29)18-6-8-22-19(14-18)24(31)28-23(27-22)17-5-7-21(26)20(25)13-17/h5-8,13-16H,2-4,9-12H2,1H3,(H,27,28,31). The van der Waals surface area contributed by atoms with Gasteiger partial charge in [0.15, 0.2) is 0 Å². The number of aromatic amines is 1. The van der Waals surface area contributed by atoms with Crippen molar-refractivity contribution < 1.29 is 4.39 Å². The van der Waals surface area contributed by atoms with Crippen molar-refractivity contribution in [1.29, 1.82) is 0 Å². The molecular formula is C24H26ClFN4O. The molecule has 1 aliphatic carbocycles. The summed E-state index contributed by atoms with van der Waals surface area (Å²) in [5, 5.41) is 0.559. The summed E-state index contributed by atoms with van der Waals surface area (Å²) in [5.41, 5.74) is 2.04. The normalized spacial score (nSPS) is 18.9. The lowest BCUT2D eigenvalue weighted by Crippen LogP contribution is -2.37. The van der Waals surface area contributed by atoms with Gasteiger partial charge in [-0.3, -0.25) is 9.69 Å². The SMILES string of the molecule is CC(C1CC1)N1CCCN(c2ccc3nc(-c4ccc(F)c(Cl)c4)[nH]c(=O)c3c2)CC1. The third kappa shape index (κ3) is 4.19. The first-order valence-electron chi connectivity index (χ1n) is 11.0. The minimum Gasteiger partial charge on any atom is -0.370 e. The smallest absolute Gasteiger partial charge is 0.259 e. The number of hydrogen-bond donors (Lipinski definition) is 1. The van der Waals surface area contributed by atoms with E-state index in [1.807, 2.05) is 18.2 Å². The van der Waals surface area contributed by atoms with Gasteiger partial charge >= 0.3 is 0 Å². The van der Waals surface area contributed by atoms with Gasteiger partial charge < -0.3 is 9.88 Å². The summed E-state index contributed by atoms with van der Waals surface area (Å²) in [6.45, 7) is 6.49. The molecule has 5 nitrogen and oxygen atoms in total. The first kappa shape index (κ1) is 20.5. The highest BCUT2D eigenvalue weighted by Gasteiger charge is 2.32. The van der Waals surface area contributed by atoms with Gasteiger partial charge in [-0.2, -0.15) is 0 Å². The summed E-state index contributed by atoms with van der Waals surface area (Å²) >= 11 is 5.89. The number of halogens is 2. The molecular weight excluding hydrogens is 415 g/mol. The predicted molar refractivity (Wildman–Crippen MR) is 123 cm³/mol. The molecule has 0 radical (unpaired) electrons. The van der Waals surface area contributed by atoms with Crippen LogP contribution < -0.4 is 10.5 Å². The molecule has 1 N–H and O–H groups in total. The van der Waals surface area contributed by atoms with Crippen LogP contribution in [0.25, 0.3) is 22.3 Å². The van der Waals surface area contributed by atoms with Gasteiger partial charge in [0, 0.05) is 43.5 Å². The van der Waals surface area contributed by atoms with E-state index in [0.29, 0.717) is 28.3 Å². The van der Waals surface area contributed by atoms with Crippen molar-refractivity contribution in [3.63, 3.8) is 0 Å². The molecule has 1 aromatic heterocycles. The van der Waals surface area contributed by atoms with E-state index in [4.69, 9.17) is 11.6 Å². The Morgan fingerprint density at radius 2 is 1.97 bits per heavy atom. The van der Waals surface area contributed by atoms with Gasteiger partial charge in [0.1, 0.15) is 11.6 Å². The Labute approximate surface area is 185 Å². The Bertz CT molecular complexity index is 1180. The summed E-state index contributed by atoms with van der Waals surface area (Å²) in [6, 6.07) is 10.8. The third-order valence-corrected chi connectivity index (χ3v) is 6.95. The van der Waals surface area contributed by atoms with Gasteiger partial charge in [-0.15, -0.1) is 0 Å². The van der Waals surface area contributed by atoms with Crippen molar-refractivity contribution in [2.75, 3.05) is 31.1 Å². The molecule has 2 aromatic carbocycles. The number of aromatic nitrogens is 2. The number of benzene rings is 2. The Morgan fingerprint density at radius 3 is 2.74 bits per heavy atom. The van der Waals surface area contributed by atoms with Crippen molar-refractivity contribution in [1.82, 2.24) is 14.9 Å². The van der Waals surface area contributed by atoms with Gasteiger partial charge in [0.05, 0.1) is 15.9 Å². The molecule has 2 heterocycles. The Kier molecular flexibility index (Phi) is 5.44. The minimum atomic E-state index is -0.499.